The van der Waals surface area contributed by atoms with Crippen molar-refractivity contribution in [3.05, 3.63) is 51.2 Å². The Morgan fingerprint density at radius 2 is 1.78 bits per heavy atom. The Morgan fingerprint density at radius 1 is 1.09 bits per heavy atom. The van der Waals surface area contributed by atoms with Gasteiger partial charge in [-0.05, 0) is 32.0 Å². The normalized spacial score (nSPS) is 15.6. The fourth-order valence-electron chi connectivity index (χ4n) is 4.22. The van der Waals surface area contributed by atoms with Crippen molar-refractivity contribution < 1.29 is 9.84 Å². The number of anilines is 2. The van der Waals surface area contributed by atoms with E-state index in [-0.39, 0.29) is 23.9 Å². The second kappa shape index (κ2) is 10.7. The van der Waals surface area contributed by atoms with Gasteiger partial charge in [0.05, 0.1) is 25.4 Å². The van der Waals surface area contributed by atoms with E-state index in [9.17, 15) is 14.7 Å². The maximum atomic E-state index is 12.4. The number of para-hydroxylation sites is 2. The van der Waals surface area contributed by atoms with Gasteiger partial charge < -0.3 is 19.6 Å². The highest BCUT2D eigenvalue weighted by Gasteiger charge is 2.21. The summed E-state index contributed by atoms with van der Waals surface area (Å²) in [7, 11) is 4.83. The molecule has 2 heterocycles. The molecule has 1 unspecified atom stereocenters. The Labute approximate surface area is 189 Å². The van der Waals surface area contributed by atoms with Crippen molar-refractivity contribution in [1.82, 2.24) is 14.0 Å². The number of aliphatic hydroxyl groups excluding tert-OH is 1. The first-order valence-electron chi connectivity index (χ1n) is 11.1. The van der Waals surface area contributed by atoms with E-state index >= 15 is 0 Å². The third-order valence-corrected chi connectivity index (χ3v) is 6.26. The molecule has 1 aliphatic rings. The zero-order valence-corrected chi connectivity index (χ0v) is 19.5. The van der Waals surface area contributed by atoms with E-state index in [1.807, 2.05) is 30.0 Å². The van der Waals surface area contributed by atoms with Gasteiger partial charge in [-0.25, -0.2) is 4.79 Å². The van der Waals surface area contributed by atoms with Crippen LogP contribution >= 0.6 is 0 Å². The van der Waals surface area contributed by atoms with Gasteiger partial charge in [-0.3, -0.25) is 18.8 Å². The van der Waals surface area contributed by atoms with Crippen LogP contribution in [0.5, 0.6) is 5.75 Å². The van der Waals surface area contributed by atoms with Gasteiger partial charge in [0.1, 0.15) is 11.6 Å². The van der Waals surface area contributed by atoms with Crippen LogP contribution in [0.2, 0.25) is 0 Å². The Balaban J connectivity index is 1.60. The van der Waals surface area contributed by atoms with Crippen LogP contribution in [0.3, 0.4) is 0 Å². The van der Waals surface area contributed by atoms with Crippen LogP contribution in [0.25, 0.3) is 0 Å². The standard InChI is InChI=1S/C23H35N5O4/c1-18(17-29)28(21-16-22(30)25(3)23(31)24(21)2)11-7-10-26-12-14-27(15-13-26)19-8-5-6-9-20(19)32-4/h5-6,8-9,16,18,29H,7,10-15,17H2,1-4H3. The topological polar surface area (TPSA) is 83.2 Å². The van der Waals surface area contributed by atoms with Crippen LogP contribution in [0.15, 0.2) is 39.9 Å². The molecule has 9 heteroatoms. The molecule has 1 fully saturated rings. The first kappa shape index (κ1) is 23.9. The van der Waals surface area contributed by atoms with E-state index in [2.05, 4.69) is 15.9 Å². The number of hydrogen-bond donors (Lipinski definition) is 1. The Bertz CT molecular complexity index is 1010. The van der Waals surface area contributed by atoms with Crippen LogP contribution in [0.1, 0.15) is 13.3 Å². The molecule has 0 saturated carbocycles. The number of nitrogens with zero attached hydrogens (tertiary/aromatic N) is 5. The fraction of sp³-hybridized carbons (Fsp3) is 0.565. The van der Waals surface area contributed by atoms with Gasteiger partial charge >= 0.3 is 5.69 Å². The summed E-state index contributed by atoms with van der Waals surface area (Å²) in [6.45, 7) is 7.17. The maximum absolute atomic E-state index is 12.4. The van der Waals surface area contributed by atoms with E-state index in [0.29, 0.717) is 12.4 Å². The quantitative estimate of drug-likeness (QED) is 0.602. The largest absolute Gasteiger partial charge is 0.495 e. The summed E-state index contributed by atoms with van der Waals surface area (Å²) in [5, 5.41) is 9.74. The Kier molecular flexibility index (Phi) is 7.98. The van der Waals surface area contributed by atoms with Crippen molar-refractivity contribution in [3.8, 4) is 5.75 Å². The van der Waals surface area contributed by atoms with Crippen LogP contribution in [0.4, 0.5) is 11.5 Å². The number of piperazine rings is 1. The lowest BCUT2D eigenvalue weighted by Gasteiger charge is -2.37. The molecule has 1 atom stereocenters. The highest BCUT2D eigenvalue weighted by Crippen LogP contribution is 2.28. The molecular weight excluding hydrogens is 410 g/mol. The smallest absolute Gasteiger partial charge is 0.332 e. The molecule has 0 amide bonds. The van der Waals surface area contributed by atoms with Crippen molar-refractivity contribution in [2.24, 2.45) is 14.1 Å². The number of methoxy groups -OCH3 is 1. The van der Waals surface area contributed by atoms with E-state index in [0.717, 1.165) is 55.1 Å². The molecular formula is C23H35N5O4. The second-order valence-corrected chi connectivity index (χ2v) is 8.32. The number of ether oxygens (including phenoxy) is 1. The summed E-state index contributed by atoms with van der Waals surface area (Å²) in [5.41, 5.74) is 0.421. The average molecular weight is 446 g/mol. The predicted molar refractivity (Wildman–Crippen MR) is 127 cm³/mol. The first-order chi connectivity index (χ1) is 15.4. The highest BCUT2D eigenvalue weighted by atomic mass is 16.5. The minimum atomic E-state index is -0.366. The van der Waals surface area contributed by atoms with Crippen molar-refractivity contribution in [1.29, 1.82) is 0 Å². The molecule has 2 aromatic rings. The molecule has 1 saturated heterocycles. The zero-order chi connectivity index (χ0) is 23.3. The van der Waals surface area contributed by atoms with Crippen LogP contribution in [0, 0.1) is 0 Å². The predicted octanol–water partition coefficient (Wildman–Crippen LogP) is 0.492. The lowest BCUT2D eigenvalue weighted by atomic mass is 10.2. The maximum Gasteiger partial charge on any atom is 0.332 e. The number of rotatable bonds is 9. The van der Waals surface area contributed by atoms with E-state index in [1.54, 1.807) is 14.2 Å². The Morgan fingerprint density at radius 3 is 2.44 bits per heavy atom. The molecule has 1 N–H and O–H groups in total. The molecule has 1 aromatic heterocycles. The SMILES string of the molecule is COc1ccccc1N1CCN(CCCN(c2cc(=O)n(C)c(=O)n2C)C(C)CO)CC1. The summed E-state index contributed by atoms with van der Waals surface area (Å²) in [5.74, 6) is 1.44. The lowest BCUT2D eigenvalue weighted by molar-refractivity contribution is 0.246. The molecule has 0 aliphatic carbocycles. The van der Waals surface area contributed by atoms with E-state index in [1.165, 1.54) is 17.7 Å². The fourth-order valence-corrected chi connectivity index (χ4v) is 4.22. The van der Waals surface area contributed by atoms with Gasteiger partial charge in [0.15, 0.2) is 0 Å². The molecule has 1 aromatic carbocycles. The number of hydrogen-bond acceptors (Lipinski definition) is 7. The first-order valence-corrected chi connectivity index (χ1v) is 11.1. The van der Waals surface area contributed by atoms with Gasteiger partial charge in [0.25, 0.3) is 5.56 Å². The van der Waals surface area contributed by atoms with Gasteiger partial charge in [0.2, 0.25) is 0 Å². The van der Waals surface area contributed by atoms with Crippen molar-refractivity contribution in [3.63, 3.8) is 0 Å². The molecule has 0 radical (unpaired) electrons. The van der Waals surface area contributed by atoms with Gasteiger partial charge in [-0.2, -0.15) is 0 Å². The zero-order valence-electron chi connectivity index (χ0n) is 19.5. The monoisotopic (exact) mass is 445 g/mol. The third kappa shape index (κ3) is 5.16. The molecule has 0 bridgehead atoms. The van der Waals surface area contributed by atoms with E-state index in [4.69, 9.17) is 4.74 Å². The summed E-state index contributed by atoms with van der Waals surface area (Å²) in [6, 6.07) is 9.37. The molecule has 32 heavy (non-hydrogen) atoms. The van der Waals surface area contributed by atoms with Crippen molar-refractivity contribution >= 4 is 11.5 Å². The summed E-state index contributed by atoms with van der Waals surface area (Å²) in [4.78, 5) is 31.3. The number of aliphatic hydroxyl groups is 1. The van der Waals surface area contributed by atoms with Crippen molar-refractivity contribution in [2.45, 2.75) is 19.4 Å². The average Bonchev–Trinajstić information content (AvgIpc) is 2.83. The molecule has 1 aliphatic heterocycles. The minimum absolute atomic E-state index is 0.0546. The minimum Gasteiger partial charge on any atom is -0.495 e. The second-order valence-electron chi connectivity index (χ2n) is 8.32. The van der Waals surface area contributed by atoms with Gasteiger partial charge in [-0.1, -0.05) is 12.1 Å². The van der Waals surface area contributed by atoms with Crippen LogP contribution in [-0.2, 0) is 14.1 Å². The summed E-state index contributed by atoms with van der Waals surface area (Å²) < 4.78 is 8.06. The van der Waals surface area contributed by atoms with Crippen LogP contribution in [-0.4, -0.2) is 78.2 Å². The van der Waals surface area contributed by atoms with E-state index < -0.39 is 0 Å². The molecule has 0 spiro atoms. The lowest BCUT2D eigenvalue weighted by Crippen LogP contribution is -2.48. The van der Waals surface area contributed by atoms with Crippen molar-refractivity contribution in [2.75, 3.05) is 62.8 Å². The molecule has 3 rings (SSSR count). The summed E-state index contributed by atoms with van der Waals surface area (Å²) >= 11 is 0. The number of aromatic nitrogens is 2. The highest BCUT2D eigenvalue weighted by molar-refractivity contribution is 5.58. The van der Waals surface area contributed by atoms with Crippen LogP contribution < -0.4 is 25.8 Å². The molecule has 176 valence electrons. The third-order valence-electron chi connectivity index (χ3n) is 6.26. The number of benzene rings is 1. The summed E-state index contributed by atoms with van der Waals surface area (Å²) in [6.07, 6.45) is 0.863. The van der Waals surface area contributed by atoms with Gasteiger partial charge in [0, 0.05) is 52.9 Å². The Hall–Kier alpha value is -2.78. The van der Waals surface area contributed by atoms with Gasteiger partial charge in [-0.15, -0.1) is 0 Å². The molecule has 9 nitrogen and oxygen atoms in total.